The molecule has 0 aliphatic heterocycles. The van der Waals surface area contributed by atoms with Crippen LogP contribution < -0.4 is 4.74 Å². The van der Waals surface area contributed by atoms with E-state index in [0.29, 0.717) is 16.9 Å². The van der Waals surface area contributed by atoms with Crippen molar-refractivity contribution in [1.82, 2.24) is 0 Å². The highest BCUT2D eigenvalue weighted by Crippen LogP contribution is 2.14. The van der Waals surface area contributed by atoms with Gasteiger partial charge in [-0.2, -0.15) is 0 Å². The predicted molar refractivity (Wildman–Crippen MR) is 77.5 cm³/mol. The van der Waals surface area contributed by atoms with Gasteiger partial charge in [-0.3, -0.25) is 9.59 Å². The third-order valence-electron chi connectivity index (χ3n) is 3.18. The second-order valence-electron chi connectivity index (χ2n) is 4.44. The number of Topliss-reactive ketones (excluding diaryl/α,β-unsaturated/α-hetero) is 2. The Balaban J connectivity index is 2.20. The van der Waals surface area contributed by atoms with Crippen LogP contribution >= 0.6 is 0 Å². The zero-order chi connectivity index (χ0) is 14.5. The van der Waals surface area contributed by atoms with E-state index in [-0.39, 0.29) is 0 Å². The first-order chi connectivity index (χ1) is 9.65. The first-order valence-electron chi connectivity index (χ1n) is 6.47. The van der Waals surface area contributed by atoms with Crippen molar-refractivity contribution in [1.29, 1.82) is 0 Å². The standard InChI is InChI=1S/C17H16O3/c1-3-12-4-6-13(7-5-12)16(18)17(19)14-8-10-15(20-2)11-9-14/h4-11H,3H2,1-2H3. The lowest BCUT2D eigenvalue weighted by atomic mass is 10.00. The number of ketones is 2. The van der Waals surface area contributed by atoms with Crippen LogP contribution in [-0.4, -0.2) is 18.7 Å². The van der Waals surface area contributed by atoms with Gasteiger partial charge in [0.15, 0.2) is 0 Å². The van der Waals surface area contributed by atoms with Gasteiger partial charge in [-0.05, 0) is 36.2 Å². The molecular formula is C17H16O3. The summed E-state index contributed by atoms with van der Waals surface area (Å²) < 4.78 is 5.02. The Morgan fingerprint density at radius 3 is 1.70 bits per heavy atom. The number of rotatable bonds is 5. The van der Waals surface area contributed by atoms with E-state index in [2.05, 4.69) is 0 Å². The maximum atomic E-state index is 12.1. The first-order valence-corrected chi connectivity index (χ1v) is 6.47. The van der Waals surface area contributed by atoms with E-state index in [1.54, 1.807) is 43.5 Å². The van der Waals surface area contributed by atoms with Crippen LogP contribution in [-0.2, 0) is 6.42 Å². The molecule has 20 heavy (non-hydrogen) atoms. The van der Waals surface area contributed by atoms with Crippen LogP contribution in [0.4, 0.5) is 0 Å². The normalized spacial score (nSPS) is 10.1. The molecule has 0 radical (unpaired) electrons. The Bertz CT molecular complexity index is 552. The molecule has 0 fully saturated rings. The molecule has 0 saturated heterocycles. The summed E-state index contributed by atoms with van der Waals surface area (Å²) in [5, 5.41) is 0. The summed E-state index contributed by atoms with van der Waals surface area (Å²) in [6.07, 6.45) is 0.904. The molecule has 2 aromatic rings. The third-order valence-corrected chi connectivity index (χ3v) is 3.18. The van der Waals surface area contributed by atoms with Crippen molar-refractivity contribution in [3.63, 3.8) is 0 Å². The molecule has 0 unspecified atom stereocenters. The fourth-order valence-corrected chi connectivity index (χ4v) is 1.90. The maximum Gasteiger partial charge on any atom is 0.233 e. The molecule has 0 aromatic heterocycles. The molecule has 0 aliphatic carbocycles. The van der Waals surface area contributed by atoms with Crippen molar-refractivity contribution in [2.75, 3.05) is 7.11 Å². The van der Waals surface area contributed by atoms with Crippen molar-refractivity contribution >= 4 is 11.6 Å². The molecule has 3 heteroatoms. The number of aryl methyl sites for hydroxylation is 1. The van der Waals surface area contributed by atoms with Crippen molar-refractivity contribution in [3.8, 4) is 5.75 Å². The van der Waals surface area contributed by atoms with E-state index in [9.17, 15) is 9.59 Å². The van der Waals surface area contributed by atoms with Gasteiger partial charge in [0.1, 0.15) is 5.75 Å². The van der Waals surface area contributed by atoms with Crippen LogP contribution in [0.1, 0.15) is 33.2 Å². The van der Waals surface area contributed by atoms with Gasteiger partial charge in [0, 0.05) is 11.1 Å². The molecule has 2 rings (SSSR count). The summed E-state index contributed by atoms with van der Waals surface area (Å²) in [5.74, 6) is -0.337. The summed E-state index contributed by atoms with van der Waals surface area (Å²) in [5.41, 5.74) is 1.93. The molecule has 2 aromatic carbocycles. The quantitative estimate of drug-likeness (QED) is 0.617. The monoisotopic (exact) mass is 268 g/mol. The fraction of sp³-hybridized carbons (Fsp3) is 0.176. The Kier molecular flexibility index (Phi) is 4.31. The summed E-state index contributed by atoms with van der Waals surface area (Å²) in [4.78, 5) is 24.2. The molecule has 0 aliphatic rings. The van der Waals surface area contributed by atoms with Crippen molar-refractivity contribution in [2.45, 2.75) is 13.3 Å². The minimum Gasteiger partial charge on any atom is -0.497 e. The number of benzene rings is 2. The van der Waals surface area contributed by atoms with Crippen molar-refractivity contribution < 1.29 is 14.3 Å². The second-order valence-corrected chi connectivity index (χ2v) is 4.44. The second kappa shape index (κ2) is 6.15. The van der Waals surface area contributed by atoms with Crippen LogP contribution in [0.5, 0.6) is 5.75 Å². The van der Waals surface area contributed by atoms with Crippen LogP contribution in [0.3, 0.4) is 0 Å². The van der Waals surface area contributed by atoms with E-state index in [1.165, 1.54) is 0 Å². The van der Waals surface area contributed by atoms with E-state index in [0.717, 1.165) is 12.0 Å². The van der Waals surface area contributed by atoms with Crippen LogP contribution in [0, 0.1) is 0 Å². The summed E-state index contributed by atoms with van der Waals surface area (Å²) >= 11 is 0. The zero-order valence-electron chi connectivity index (χ0n) is 11.6. The summed E-state index contributed by atoms with van der Waals surface area (Å²) in [6, 6.07) is 13.7. The Labute approximate surface area is 118 Å². The first kappa shape index (κ1) is 14.0. The third kappa shape index (κ3) is 2.94. The summed E-state index contributed by atoms with van der Waals surface area (Å²) in [6.45, 7) is 2.04. The highest BCUT2D eigenvalue weighted by Gasteiger charge is 2.18. The highest BCUT2D eigenvalue weighted by atomic mass is 16.5. The molecule has 0 saturated carbocycles. The largest absolute Gasteiger partial charge is 0.497 e. The Hall–Kier alpha value is -2.42. The molecule has 0 amide bonds. The number of ether oxygens (including phenoxy) is 1. The lowest BCUT2D eigenvalue weighted by Gasteiger charge is -2.03. The zero-order valence-corrected chi connectivity index (χ0v) is 11.6. The van der Waals surface area contributed by atoms with E-state index >= 15 is 0 Å². The fourth-order valence-electron chi connectivity index (χ4n) is 1.90. The van der Waals surface area contributed by atoms with Gasteiger partial charge in [0.2, 0.25) is 11.6 Å². The number of carbonyl (C=O) groups excluding carboxylic acids is 2. The number of hydrogen-bond acceptors (Lipinski definition) is 3. The minimum atomic E-state index is -0.503. The van der Waals surface area contributed by atoms with Crippen LogP contribution in [0.15, 0.2) is 48.5 Å². The van der Waals surface area contributed by atoms with Gasteiger partial charge >= 0.3 is 0 Å². The summed E-state index contributed by atoms with van der Waals surface area (Å²) in [7, 11) is 1.55. The van der Waals surface area contributed by atoms with Crippen molar-refractivity contribution in [2.24, 2.45) is 0 Å². The predicted octanol–water partition coefficient (Wildman–Crippen LogP) is 3.32. The number of methoxy groups -OCH3 is 1. The van der Waals surface area contributed by atoms with Crippen LogP contribution in [0.25, 0.3) is 0 Å². The highest BCUT2D eigenvalue weighted by molar-refractivity contribution is 6.49. The van der Waals surface area contributed by atoms with Gasteiger partial charge < -0.3 is 4.74 Å². The molecule has 0 atom stereocenters. The van der Waals surface area contributed by atoms with Gasteiger partial charge in [-0.25, -0.2) is 0 Å². The molecule has 0 N–H and O–H groups in total. The van der Waals surface area contributed by atoms with Gasteiger partial charge in [0.05, 0.1) is 7.11 Å². The number of carbonyl (C=O) groups is 2. The molecule has 0 bridgehead atoms. The minimum absolute atomic E-state index is 0.371. The van der Waals surface area contributed by atoms with Gasteiger partial charge in [-0.15, -0.1) is 0 Å². The molecule has 0 heterocycles. The van der Waals surface area contributed by atoms with E-state index < -0.39 is 11.6 Å². The average molecular weight is 268 g/mol. The topological polar surface area (TPSA) is 43.4 Å². The lowest BCUT2D eigenvalue weighted by Crippen LogP contribution is -2.14. The number of hydrogen-bond donors (Lipinski definition) is 0. The average Bonchev–Trinajstić information content (AvgIpc) is 2.53. The van der Waals surface area contributed by atoms with E-state index in [4.69, 9.17) is 4.74 Å². The van der Waals surface area contributed by atoms with Gasteiger partial charge in [0.25, 0.3) is 0 Å². The molecular weight excluding hydrogens is 252 g/mol. The maximum absolute atomic E-state index is 12.1. The van der Waals surface area contributed by atoms with Crippen LogP contribution in [0.2, 0.25) is 0 Å². The van der Waals surface area contributed by atoms with Gasteiger partial charge in [-0.1, -0.05) is 31.2 Å². The lowest BCUT2D eigenvalue weighted by molar-refractivity contribution is 0.0817. The molecule has 0 spiro atoms. The molecule has 3 nitrogen and oxygen atoms in total. The Morgan fingerprint density at radius 1 is 0.850 bits per heavy atom. The SMILES string of the molecule is CCc1ccc(C(=O)C(=O)c2ccc(OC)cc2)cc1. The molecule has 102 valence electrons. The Morgan fingerprint density at radius 2 is 1.30 bits per heavy atom. The van der Waals surface area contributed by atoms with Crippen molar-refractivity contribution in [3.05, 3.63) is 65.2 Å². The van der Waals surface area contributed by atoms with E-state index in [1.807, 2.05) is 19.1 Å². The smallest absolute Gasteiger partial charge is 0.233 e.